The number of pyridine rings is 2. The lowest BCUT2D eigenvalue weighted by molar-refractivity contribution is -0.125. The molecule has 2 aromatic heterocycles. The van der Waals surface area contributed by atoms with Crippen LogP contribution in [-0.2, 0) is 61.3 Å². The minimum absolute atomic E-state index is 0.0987. The van der Waals surface area contributed by atoms with Crippen LogP contribution in [0.3, 0.4) is 0 Å². The molecule has 1 radical (unpaired) electrons. The van der Waals surface area contributed by atoms with Crippen LogP contribution in [0.5, 0.6) is 0 Å². The first-order valence-electron chi connectivity index (χ1n) is 27.9. The molecule has 4 heterocycles. The number of ether oxygens (including phenoxy) is 2. The zero-order valence-corrected chi connectivity index (χ0v) is 49.0. The lowest BCUT2D eigenvalue weighted by atomic mass is 10.1. The maximum absolute atomic E-state index is 14.3. The van der Waals surface area contributed by atoms with Gasteiger partial charge in [-0.2, -0.15) is 0 Å². The average molecular weight is 1160 g/mol. The number of hydrogen-bond donors (Lipinski definition) is 6. The largest absolute Gasteiger partial charge is 0.491 e. The number of carbonyl (C=O) groups excluding carboxylic acids is 4. The van der Waals surface area contributed by atoms with Gasteiger partial charge in [-0.15, -0.1) is 0 Å². The summed E-state index contributed by atoms with van der Waals surface area (Å²) in [6, 6.07) is 17.0. The van der Waals surface area contributed by atoms with Crippen LogP contribution in [0.25, 0.3) is 0 Å². The van der Waals surface area contributed by atoms with E-state index < -0.39 is 79.7 Å². The van der Waals surface area contributed by atoms with Crippen LogP contribution in [-0.4, -0.2) is 147 Å². The van der Waals surface area contributed by atoms with Gasteiger partial charge in [0.2, 0.25) is 31.9 Å². The van der Waals surface area contributed by atoms with Gasteiger partial charge in [-0.1, -0.05) is 78.6 Å². The van der Waals surface area contributed by atoms with Gasteiger partial charge in [0, 0.05) is 37.3 Å². The quantitative estimate of drug-likeness (QED) is 0.0272. The summed E-state index contributed by atoms with van der Waals surface area (Å²) < 4.78 is 83.1. The first kappa shape index (κ1) is 63.8. The van der Waals surface area contributed by atoms with Gasteiger partial charge in [0.25, 0.3) is 11.8 Å². The maximum atomic E-state index is 14.3. The fourth-order valence-corrected chi connectivity index (χ4v) is 11.3. The number of nitrogens with zero attached hydrogens (tertiary/aromatic N) is 4. The van der Waals surface area contributed by atoms with Crippen LogP contribution in [0, 0.1) is 11.8 Å². The van der Waals surface area contributed by atoms with Crippen LogP contribution in [0.15, 0.2) is 85.2 Å². The summed E-state index contributed by atoms with van der Waals surface area (Å²) in [5.41, 5.74) is 2.79. The van der Waals surface area contributed by atoms with Crippen molar-refractivity contribution in [3.05, 3.63) is 107 Å². The highest BCUT2D eigenvalue weighted by molar-refractivity contribution is 7.93. The number of rotatable bonds is 32. The summed E-state index contributed by atoms with van der Waals surface area (Å²) in [6.45, 7) is 16.3. The number of benzene rings is 2. The van der Waals surface area contributed by atoms with E-state index in [4.69, 9.17) is 18.8 Å². The highest BCUT2D eigenvalue weighted by Crippen LogP contribution is 2.20. The summed E-state index contributed by atoms with van der Waals surface area (Å²) in [5.74, 6) is -3.76. The van der Waals surface area contributed by atoms with Gasteiger partial charge in [0.15, 0.2) is 0 Å². The first-order chi connectivity index (χ1) is 38.8. The van der Waals surface area contributed by atoms with E-state index in [2.05, 4.69) is 54.5 Å². The molecule has 22 nitrogen and oxygen atoms in total. The van der Waals surface area contributed by atoms with Crippen LogP contribution >= 0.6 is 0 Å². The SMILES string of the molecule is CCCCc1ccc(C(=O)N[C@H](CS(=O)(=O)Nc2ccc(N3CCOCC3)nc2)C(=O)N[C@@H](CC(C)C)O[B]O[C@H](CC(C)C)NC(=O)[C@@H](CS(=O)(=O)Nc2ccc(N3CCOCC3)nc2)NC(=O)c2ccc(CCCC)cc2)cc1. The molecule has 2 aromatic carbocycles. The molecule has 81 heavy (non-hydrogen) atoms. The number of amides is 4. The van der Waals surface area contributed by atoms with Crippen molar-refractivity contribution >= 4 is 74.4 Å². The molecule has 2 fully saturated rings. The van der Waals surface area contributed by atoms with Crippen molar-refractivity contribution in [2.45, 2.75) is 117 Å². The number of aromatic nitrogens is 2. The van der Waals surface area contributed by atoms with Gasteiger partial charge in [-0.3, -0.25) is 28.6 Å². The molecule has 4 aromatic rings. The number of hydrogen-bond acceptors (Lipinski definition) is 16. The predicted octanol–water partition coefficient (Wildman–Crippen LogP) is 5.16. The Morgan fingerprint density at radius 1 is 0.556 bits per heavy atom. The number of unbranched alkanes of at least 4 members (excludes halogenated alkanes) is 2. The van der Waals surface area contributed by atoms with E-state index in [-0.39, 0.29) is 47.2 Å². The van der Waals surface area contributed by atoms with Crippen LogP contribution < -0.4 is 40.5 Å². The number of anilines is 4. The molecule has 6 N–H and O–H groups in total. The zero-order valence-electron chi connectivity index (χ0n) is 47.4. The fraction of sp³-hybridized carbons (Fsp3) is 0.536. The summed E-state index contributed by atoms with van der Waals surface area (Å²) in [4.78, 5) is 69.0. The molecule has 0 unspecified atom stereocenters. The van der Waals surface area contributed by atoms with E-state index in [1.807, 2.05) is 61.8 Å². The summed E-state index contributed by atoms with van der Waals surface area (Å²) >= 11 is 0. The Balaban J connectivity index is 1.16. The van der Waals surface area contributed by atoms with E-state index in [1.54, 1.807) is 48.5 Å². The van der Waals surface area contributed by atoms with Gasteiger partial charge < -0.3 is 49.8 Å². The van der Waals surface area contributed by atoms with Crippen LogP contribution in [0.1, 0.15) is 112 Å². The Morgan fingerprint density at radius 3 is 1.25 bits per heavy atom. The Labute approximate surface area is 478 Å². The minimum atomic E-state index is -4.33. The van der Waals surface area contributed by atoms with Crippen molar-refractivity contribution < 1.29 is 54.8 Å². The maximum Gasteiger partial charge on any atom is 0.491 e. The minimum Gasteiger partial charge on any atom is -0.393 e. The van der Waals surface area contributed by atoms with Crippen LogP contribution in [0.2, 0.25) is 0 Å². The van der Waals surface area contributed by atoms with E-state index in [1.165, 1.54) is 12.4 Å². The standard InChI is InChI=1S/C56H80BN10O12S2/c1-7-9-11-41-13-17-43(18-14-41)53(68)60-47(37-80(72,73)64-45-21-23-49(58-35-45)66-25-29-76-30-26-66)55(70)62-51(33-39(3)4)78-57-79-52(34-40(5)6)63-56(71)48(61-54(69)44-19-15-42(16-20-44)12-10-8-2)38-81(74,75)65-46-22-24-50(59-36-46)67-27-31-77-32-28-67/h13-24,35-36,39-40,47-48,51-52,64-65H,7-12,25-34,37-38H2,1-6H3,(H,60,68)(H,61,69)(H,62,70)(H,63,71)/t47-,48-,51-,52-/m1/s1. The van der Waals surface area contributed by atoms with Gasteiger partial charge in [-0.25, -0.2) is 26.8 Å². The normalized spacial score (nSPS) is 15.5. The molecule has 0 aliphatic carbocycles. The monoisotopic (exact) mass is 1160 g/mol. The Bertz CT molecular complexity index is 2650. The molecular formula is C56H80BN10O12S2. The van der Waals surface area contributed by atoms with E-state index >= 15 is 0 Å². The van der Waals surface area contributed by atoms with E-state index in [0.717, 1.165) is 57.3 Å². The average Bonchev–Trinajstić information content (AvgIpc) is 3.44. The van der Waals surface area contributed by atoms with Gasteiger partial charge in [-0.05, 0) is 110 Å². The number of carbonyl (C=O) groups is 4. The lowest BCUT2D eigenvalue weighted by Crippen LogP contribution is -2.55. The van der Waals surface area contributed by atoms with Crippen molar-refractivity contribution in [1.29, 1.82) is 0 Å². The molecular weight excluding hydrogens is 1080 g/mol. The molecule has 2 aliphatic heterocycles. The third-order valence-corrected chi connectivity index (χ3v) is 15.9. The van der Waals surface area contributed by atoms with Crippen LogP contribution in [0.4, 0.5) is 23.0 Å². The summed E-state index contributed by atoms with van der Waals surface area (Å²) in [6.07, 6.45) is 6.37. The zero-order chi connectivity index (χ0) is 58.4. The van der Waals surface area contributed by atoms with Crippen molar-refractivity contribution in [2.24, 2.45) is 11.8 Å². The van der Waals surface area contributed by atoms with Crippen molar-refractivity contribution in [3.8, 4) is 0 Å². The molecule has 25 heteroatoms. The van der Waals surface area contributed by atoms with E-state index in [9.17, 15) is 36.0 Å². The van der Waals surface area contributed by atoms with Gasteiger partial charge in [0.1, 0.15) is 36.2 Å². The van der Waals surface area contributed by atoms with Gasteiger partial charge >= 0.3 is 7.69 Å². The second kappa shape index (κ2) is 31.7. The number of nitrogens with one attached hydrogen (secondary N) is 6. The number of morpholine rings is 2. The molecule has 0 saturated carbocycles. The topological polar surface area (TPSA) is 278 Å². The summed E-state index contributed by atoms with van der Waals surface area (Å²) in [5, 5.41) is 10.7. The van der Waals surface area contributed by atoms with Gasteiger partial charge in [0.05, 0.1) is 61.7 Å². The second-order valence-corrected chi connectivity index (χ2v) is 24.6. The smallest absolute Gasteiger partial charge is 0.393 e. The Morgan fingerprint density at radius 2 is 0.926 bits per heavy atom. The second-order valence-electron chi connectivity index (χ2n) is 21.1. The molecule has 4 amide bonds. The third-order valence-electron chi connectivity index (χ3n) is 13.2. The molecule has 6 rings (SSSR count). The number of aryl methyl sites for hydroxylation is 2. The molecule has 2 aliphatic rings. The Kier molecular flexibility index (Phi) is 25.0. The lowest BCUT2D eigenvalue weighted by Gasteiger charge is -2.28. The first-order valence-corrected chi connectivity index (χ1v) is 31.2. The van der Waals surface area contributed by atoms with E-state index in [0.29, 0.717) is 64.2 Å². The molecule has 0 spiro atoms. The number of sulfonamides is 2. The summed E-state index contributed by atoms with van der Waals surface area (Å²) in [7, 11) is -7.73. The van der Waals surface area contributed by atoms with Crippen molar-refractivity contribution in [3.63, 3.8) is 0 Å². The molecule has 0 bridgehead atoms. The third kappa shape index (κ3) is 21.8. The highest BCUT2D eigenvalue weighted by atomic mass is 32.2. The van der Waals surface area contributed by atoms with Crippen molar-refractivity contribution in [1.82, 2.24) is 31.2 Å². The van der Waals surface area contributed by atoms with Crippen molar-refractivity contribution in [2.75, 3.05) is 83.4 Å². The highest BCUT2D eigenvalue weighted by Gasteiger charge is 2.33. The Hall–Kier alpha value is -6.38. The molecule has 2 saturated heterocycles. The molecule has 4 atom stereocenters. The fourth-order valence-electron chi connectivity index (χ4n) is 8.83. The molecule has 441 valence electrons. The predicted molar refractivity (Wildman–Crippen MR) is 313 cm³/mol.